The van der Waals surface area contributed by atoms with Gasteiger partial charge < -0.3 is 16.2 Å². The Hall–Kier alpha value is -3.60. The molecular weight excluding hydrogens is 340 g/mol. The highest BCUT2D eigenvalue weighted by Crippen LogP contribution is 2.23. The van der Waals surface area contributed by atoms with Gasteiger partial charge in [-0.25, -0.2) is 0 Å². The molecule has 3 rings (SSSR count). The Morgan fingerprint density at radius 3 is 2.22 bits per heavy atom. The van der Waals surface area contributed by atoms with Gasteiger partial charge in [0, 0.05) is 12.0 Å². The van der Waals surface area contributed by atoms with E-state index in [-0.39, 0.29) is 11.7 Å². The number of nitrogens with two attached hydrogens (primary N) is 1. The fourth-order valence-electron chi connectivity index (χ4n) is 2.81. The standard InChI is InChI=1S/C22H20N2O3/c23-21(26)20(13-15-5-2-1-3-6-15)24-22(27)17-11-9-16(10-12-17)18-7-4-8-19(25)14-18/h1-12,14,20,25H,13H2,(H2,23,26)(H,24,27). The molecule has 0 saturated heterocycles. The monoisotopic (exact) mass is 360 g/mol. The van der Waals surface area contributed by atoms with E-state index >= 15 is 0 Å². The first-order chi connectivity index (χ1) is 13.0. The molecule has 0 aliphatic heterocycles. The number of phenolic OH excluding ortho intramolecular Hbond substituents is 1. The van der Waals surface area contributed by atoms with Gasteiger partial charge in [0.25, 0.3) is 5.91 Å². The van der Waals surface area contributed by atoms with E-state index in [2.05, 4.69) is 5.32 Å². The summed E-state index contributed by atoms with van der Waals surface area (Å²) in [4.78, 5) is 24.2. The van der Waals surface area contributed by atoms with E-state index in [1.165, 1.54) is 0 Å². The molecular formula is C22H20N2O3. The zero-order valence-electron chi connectivity index (χ0n) is 14.6. The van der Waals surface area contributed by atoms with Crippen LogP contribution in [0.3, 0.4) is 0 Å². The third-order valence-corrected chi connectivity index (χ3v) is 4.26. The van der Waals surface area contributed by atoms with Crippen molar-refractivity contribution in [2.45, 2.75) is 12.5 Å². The highest BCUT2D eigenvalue weighted by Gasteiger charge is 2.19. The van der Waals surface area contributed by atoms with Crippen LogP contribution in [0.15, 0.2) is 78.9 Å². The Morgan fingerprint density at radius 2 is 1.59 bits per heavy atom. The number of aromatic hydroxyl groups is 1. The summed E-state index contributed by atoms with van der Waals surface area (Å²) < 4.78 is 0. The molecule has 0 saturated carbocycles. The molecule has 1 unspecified atom stereocenters. The Labute approximate surface area is 157 Å². The summed E-state index contributed by atoms with van der Waals surface area (Å²) in [6.07, 6.45) is 0.337. The smallest absolute Gasteiger partial charge is 0.251 e. The van der Waals surface area contributed by atoms with Gasteiger partial charge in [-0.05, 0) is 41.0 Å². The predicted molar refractivity (Wildman–Crippen MR) is 104 cm³/mol. The number of amides is 2. The zero-order chi connectivity index (χ0) is 19.2. The van der Waals surface area contributed by atoms with Crippen molar-refractivity contribution in [2.75, 3.05) is 0 Å². The molecule has 0 aliphatic carbocycles. The van der Waals surface area contributed by atoms with Gasteiger partial charge in [0.1, 0.15) is 11.8 Å². The van der Waals surface area contributed by atoms with E-state index < -0.39 is 11.9 Å². The Bertz CT molecular complexity index is 937. The van der Waals surface area contributed by atoms with Crippen molar-refractivity contribution in [3.8, 4) is 16.9 Å². The molecule has 0 fully saturated rings. The van der Waals surface area contributed by atoms with Crippen molar-refractivity contribution >= 4 is 11.8 Å². The average molecular weight is 360 g/mol. The van der Waals surface area contributed by atoms with Crippen LogP contribution < -0.4 is 11.1 Å². The van der Waals surface area contributed by atoms with Crippen molar-refractivity contribution in [2.24, 2.45) is 5.73 Å². The normalized spacial score (nSPS) is 11.6. The number of phenols is 1. The SMILES string of the molecule is NC(=O)C(Cc1ccccc1)NC(=O)c1ccc(-c2cccc(O)c2)cc1. The van der Waals surface area contributed by atoms with Crippen LogP contribution in [0.5, 0.6) is 5.75 Å². The van der Waals surface area contributed by atoms with Crippen LogP contribution in [0.4, 0.5) is 0 Å². The lowest BCUT2D eigenvalue weighted by atomic mass is 10.0. The first-order valence-corrected chi connectivity index (χ1v) is 8.56. The Morgan fingerprint density at radius 1 is 0.889 bits per heavy atom. The second-order valence-corrected chi connectivity index (χ2v) is 6.25. The molecule has 1 atom stereocenters. The third kappa shape index (κ3) is 4.73. The minimum absolute atomic E-state index is 0.180. The molecule has 4 N–H and O–H groups in total. The summed E-state index contributed by atoms with van der Waals surface area (Å²) in [5.41, 5.74) is 8.52. The van der Waals surface area contributed by atoms with Gasteiger partial charge in [0.2, 0.25) is 5.91 Å². The number of benzene rings is 3. The number of primary amides is 1. The molecule has 3 aromatic rings. The maximum absolute atomic E-state index is 12.5. The molecule has 3 aromatic carbocycles. The number of carbonyl (C=O) groups excluding carboxylic acids is 2. The first kappa shape index (κ1) is 18.2. The molecule has 27 heavy (non-hydrogen) atoms. The van der Waals surface area contributed by atoms with Gasteiger partial charge >= 0.3 is 0 Å². The summed E-state index contributed by atoms with van der Waals surface area (Å²) in [5, 5.41) is 12.3. The van der Waals surface area contributed by atoms with Gasteiger partial charge in [-0.2, -0.15) is 0 Å². The van der Waals surface area contributed by atoms with Gasteiger partial charge in [0.05, 0.1) is 0 Å². The lowest BCUT2D eigenvalue weighted by molar-refractivity contribution is -0.119. The van der Waals surface area contributed by atoms with Gasteiger partial charge in [-0.15, -0.1) is 0 Å². The lowest BCUT2D eigenvalue weighted by Gasteiger charge is -2.16. The molecule has 0 aliphatic rings. The number of nitrogens with one attached hydrogen (secondary N) is 1. The van der Waals surface area contributed by atoms with Crippen LogP contribution in [-0.4, -0.2) is 23.0 Å². The lowest BCUT2D eigenvalue weighted by Crippen LogP contribution is -2.45. The topological polar surface area (TPSA) is 92.4 Å². The summed E-state index contributed by atoms with van der Waals surface area (Å²) in [5.74, 6) is -0.764. The highest BCUT2D eigenvalue weighted by molar-refractivity contribution is 5.97. The highest BCUT2D eigenvalue weighted by atomic mass is 16.3. The first-order valence-electron chi connectivity index (χ1n) is 8.56. The van der Waals surface area contributed by atoms with E-state index in [9.17, 15) is 14.7 Å². The predicted octanol–water partition coefficient (Wildman–Crippen LogP) is 2.89. The minimum Gasteiger partial charge on any atom is -0.508 e. The van der Waals surface area contributed by atoms with Crippen LogP contribution >= 0.6 is 0 Å². The number of carbonyl (C=O) groups is 2. The number of rotatable bonds is 6. The van der Waals surface area contributed by atoms with Gasteiger partial charge in [-0.3, -0.25) is 9.59 Å². The van der Waals surface area contributed by atoms with Crippen LogP contribution in [0.25, 0.3) is 11.1 Å². The fraction of sp³-hybridized carbons (Fsp3) is 0.0909. The van der Waals surface area contributed by atoms with Gasteiger partial charge in [0.15, 0.2) is 0 Å². The fourth-order valence-corrected chi connectivity index (χ4v) is 2.81. The molecule has 0 aromatic heterocycles. The van der Waals surface area contributed by atoms with E-state index in [0.717, 1.165) is 16.7 Å². The molecule has 5 nitrogen and oxygen atoms in total. The summed E-state index contributed by atoms with van der Waals surface area (Å²) in [6.45, 7) is 0. The molecule has 0 spiro atoms. The Balaban J connectivity index is 1.71. The molecule has 0 bridgehead atoms. The van der Waals surface area contributed by atoms with Crippen LogP contribution in [-0.2, 0) is 11.2 Å². The molecule has 0 heterocycles. The maximum atomic E-state index is 12.5. The quantitative estimate of drug-likeness (QED) is 0.631. The minimum atomic E-state index is -0.786. The van der Waals surface area contributed by atoms with Crippen molar-refractivity contribution in [1.82, 2.24) is 5.32 Å². The zero-order valence-corrected chi connectivity index (χ0v) is 14.6. The molecule has 136 valence electrons. The molecule has 0 radical (unpaired) electrons. The van der Waals surface area contributed by atoms with Crippen LogP contribution in [0.1, 0.15) is 15.9 Å². The van der Waals surface area contributed by atoms with Crippen molar-refractivity contribution in [3.05, 3.63) is 90.0 Å². The van der Waals surface area contributed by atoms with Crippen molar-refractivity contribution < 1.29 is 14.7 Å². The summed E-state index contributed by atoms with van der Waals surface area (Å²) in [6, 6.07) is 22.4. The third-order valence-electron chi connectivity index (χ3n) is 4.26. The maximum Gasteiger partial charge on any atom is 0.251 e. The van der Waals surface area contributed by atoms with E-state index in [0.29, 0.717) is 12.0 Å². The van der Waals surface area contributed by atoms with Crippen LogP contribution in [0.2, 0.25) is 0 Å². The van der Waals surface area contributed by atoms with Crippen LogP contribution in [0, 0.1) is 0 Å². The van der Waals surface area contributed by atoms with Crippen molar-refractivity contribution in [1.29, 1.82) is 0 Å². The molecule has 5 heteroatoms. The van der Waals surface area contributed by atoms with Crippen molar-refractivity contribution in [3.63, 3.8) is 0 Å². The second kappa shape index (κ2) is 8.19. The summed E-state index contributed by atoms with van der Waals surface area (Å²) >= 11 is 0. The van der Waals surface area contributed by atoms with E-state index in [1.54, 1.807) is 42.5 Å². The second-order valence-electron chi connectivity index (χ2n) is 6.25. The van der Waals surface area contributed by atoms with E-state index in [4.69, 9.17) is 5.73 Å². The number of hydrogen-bond acceptors (Lipinski definition) is 3. The van der Waals surface area contributed by atoms with Gasteiger partial charge in [-0.1, -0.05) is 54.6 Å². The largest absolute Gasteiger partial charge is 0.508 e. The molecule has 2 amide bonds. The van der Waals surface area contributed by atoms with E-state index in [1.807, 2.05) is 36.4 Å². The number of hydrogen-bond donors (Lipinski definition) is 3. The average Bonchev–Trinajstić information content (AvgIpc) is 2.68. The Kier molecular flexibility index (Phi) is 5.52. The summed E-state index contributed by atoms with van der Waals surface area (Å²) in [7, 11) is 0.